The highest BCUT2D eigenvalue weighted by Crippen LogP contribution is 2.47. The van der Waals surface area contributed by atoms with Crippen molar-refractivity contribution in [2.24, 2.45) is 5.41 Å². The molecule has 7 nitrogen and oxygen atoms in total. The molecule has 3 heterocycles. The summed E-state index contributed by atoms with van der Waals surface area (Å²) in [5.41, 5.74) is 3.10. The van der Waals surface area contributed by atoms with Crippen LogP contribution in [0.25, 0.3) is 11.3 Å². The molecule has 3 aromatic rings. The molecule has 0 bridgehead atoms. The maximum absolute atomic E-state index is 5.30. The molecule has 2 N–H and O–H groups in total. The molecule has 1 saturated heterocycles. The van der Waals surface area contributed by atoms with Gasteiger partial charge < -0.3 is 19.9 Å². The van der Waals surface area contributed by atoms with Crippen LogP contribution in [-0.4, -0.2) is 46.2 Å². The molecule has 2 aliphatic rings. The number of fused-ring (bicyclic) bond motifs is 1. The summed E-state index contributed by atoms with van der Waals surface area (Å²) >= 11 is 3.38. The highest BCUT2D eigenvalue weighted by atomic mass is 79.9. The van der Waals surface area contributed by atoms with Gasteiger partial charge in [-0.25, -0.2) is 9.97 Å². The first-order chi connectivity index (χ1) is 15.1. The molecule has 8 heteroatoms. The van der Waals surface area contributed by atoms with Crippen LogP contribution < -0.4 is 15.0 Å². The van der Waals surface area contributed by atoms with Crippen LogP contribution in [0, 0.1) is 5.41 Å². The van der Waals surface area contributed by atoms with Gasteiger partial charge in [0.15, 0.2) is 11.3 Å². The number of hydrogen-bond donors (Lipinski definition) is 2. The van der Waals surface area contributed by atoms with Crippen molar-refractivity contribution in [2.45, 2.75) is 51.1 Å². The van der Waals surface area contributed by atoms with Gasteiger partial charge >= 0.3 is 0 Å². The van der Waals surface area contributed by atoms with Crippen LogP contribution in [0.5, 0.6) is 5.75 Å². The summed E-state index contributed by atoms with van der Waals surface area (Å²) in [6.07, 6.45) is 7.93. The predicted molar refractivity (Wildman–Crippen MR) is 125 cm³/mol. The Bertz CT molecular complexity index is 1040. The Morgan fingerprint density at radius 2 is 1.97 bits per heavy atom. The number of imidazole rings is 1. The summed E-state index contributed by atoms with van der Waals surface area (Å²) < 4.78 is 6.02. The summed E-state index contributed by atoms with van der Waals surface area (Å²) in [6.45, 7) is 4.29. The van der Waals surface area contributed by atoms with E-state index in [4.69, 9.17) is 4.74 Å². The number of H-pyrrole nitrogens is 1. The monoisotopic (exact) mass is 484 g/mol. The number of methoxy groups -OCH3 is 1. The van der Waals surface area contributed by atoms with Crippen molar-refractivity contribution < 1.29 is 4.74 Å². The summed E-state index contributed by atoms with van der Waals surface area (Å²) in [7, 11) is 1.71. The van der Waals surface area contributed by atoms with Gasteiger partial charge in [0.2, 0.25) is 5.95 Å². The zero-order valence-electron chi connectivity index (χ0n) is 18.1. The molecular formula is C23H29BrN6O. The van der Waals surface area contributed by atoms with Gasteiger partial charge in [0.25, 0.3) is 0 Å². The molecule has 1 saturated carbocycles. The minimum absolute atomic E-state index is 0.329. The second-order valence-corrected chi connectivity index (χ2v) is 9.69. The minimum Gasteiger partial charge on any atom is -0.497 e. The van der Waals surface area contributed by atoms with E-state index < -0.39 is 0 Å². The lowest BCUT2D eigenvalue weighted by Gasteiger charge is -2.44. The van der Waals surface area contributed by atoms with E-state index in [1.165, 1.54) is 37.7 Å². The van der Waals surface area contributed by atoms with E-state index in [0.717, 1.165) is 35.0 Å². The molecule has 0 unspecified atom stereocenters. The quantitative estimate of drug-likeness (QED) is 0.550. The predicted octanol–water partition coefficient (Wildman–Crippen LogP) is 4.61. The number of rotatable bonds is 5. The maximum atomic E-state index is 5.30. The third-order valence-corrected chi connectivity index (χ3v) is 7.58. The van der Waals surface area contributed by atoms with Crippen molar-refractivity contribution in [1.29, 1.82) is 0 Å². The number of hydrogen-bond acceptors (Lipinski definition) is 6. The van der Waals surface area contributed by atoms with Crippen LogP contribution in [0.1, 0.15) is 50.6 Å². The molecule has 0 amide bonds. The van der Waals surface area contributed by atoms with E-state index >= 15 is 0 Å². The molecule has 31 heavy (non-hydrogen) atoms. The number of anilines is 1. The Hall–Kier alpha value is -2.19. The van der Waals surface area contributed by atoms with Gasteiger partial charge in [0.05, 0.1) is 13.3 Å². The number of ether oxygens (including phenoxy) is 1. The smallest absolute Gasteiger partial charge is 0.206 e. The third kappa shape index (κ3) is 4.03. The number of aromatic amines is 1. The molecule has 2 fully saturated rings. The fraction of sp³-hybridized carbons (Fsp3) is 0.522. The number of nitrogens with one attached hydrogen (secondary N) is 2. The van der Waals surface area contributed by atoms with Crippen LogP contribution in [-0.2, 0) is 0 Å². The number of aromatic nitrogens is 4. The summed E-state index contributed by atoms with van der Waals surface area (Å²) in [5.74, 6) is 1.79. The van der Waals surface area contributed by atoms with E-state index in [-0.39, 0.29) is 0 Å². The van der Waals surface area contributed by atoms with Crippen molar-refractivity contribution in [1.82, 2.24) is 25.3 Å². The highest BCUT2D eigenvalue weighted by molar-refractivity contribution is 9.10. The molecule has 1 aliphatic heterocycles. The lowest BCUT2D eigenvalue weighted by molar-refractivity contribution is 0.163. The van der Waals surface area contributed by atoms with Crippen LogP contribution >= 0.6 is 15.9 Å². The van der Waals surface area contributed by atoms with Crippen molar-refractivity contribution >= 4 is 33.2 Å². The van der Waals surface area contributed by atoms with E-state index in [9.17, 15) is 0 Å². The van der Waals surface area contributed by atoms with Gasteiger partial charge in [-0.3, -0.25) is 0 Å². The Kier molecular flexibility index (Phi) is 5.60. The molecule has 1 spiro atoms. The van der Waals surface area contributed by atoms with E-state index in [0.29, 0.717) is 23.1 Å². The molecule has 2 atom stereocenters. The minimum atomic E-state index is 0.329. The normalized spacial score (nSPS) is 21.6. The number of nitrogens with zero attached hydrogens (tertiary/aromatic N) is 4. The third-order valence-electron chi connectivity index (χ3n) is 7.20. The van der Waals surface area contributed by atoms with E-state index in [1.54, 1.807) is 13.3 Å². The average molecular weight is 485 g/mol. The molecule has 1 aromatic carbocycles. The summed E-state index contributed by atoms with van der Waals surface area (Å²) in [6, 6.07) is 9.32. The van der Waals surface area contributed by atoms with Crippen LogP contribution in [0.4, 0.5) is 5.95 Å². The zero-order valence-corrected chi connectivity index (χ0v) is 19.7. The Morgan fingerprint density at radius 3 is 2.71 bits per heavy atom. The van der Waals surface area contributed by atoms with Gasteiger partial charge in [-0.2, -0.15) is 4.98 Å². The zero-order chi connectivity index (χ0) is 21.4. The van der Waals surface area contributed by atoms with Gasteiger partial charge in [-0.1, -0.05) is 18.6 Å². The topological polar surface area (TPSA) is 79.0 Å². The van der Waals surface area contributed by atoms with Gasteiger partial charge in [-0.05, 0) is 71.6 Å². The van der Waals surface area contributed by atoms with Crippen LogP contribution in [0.2, 0.25) is 0 Å². The van der Waals surface area contributed by atoms with Crippen LogP contribution in [0.3, 0.4) is 0 Å². The molecular weight excluding hydrogens is 456 g/mol. The SMILES string of the molecule is COc1ccc([C@@H](C)N[C@@H]2CCCC23CCN(c2nc4ncc(Br)nc4[nH]2)CC3)cc1. The van der Waals surface area contributed by atoms with Crippen molar-refractivity contribution in [3.8, 4) is 5.75 Å². The lowest BCUT2D eigenvalue weighted by Crippen LogP contribution is -2.49. The average Bonchev–Trinajstić information content (AvgIpc) is 3.38. The van der Waals surface area contributed by atoms with E-state index in [2.05, 4.69) is 65.1 Å². The standard InChI is InChI=1S/C23H29BrN6O/c1-15(16-5-7-17(31-2)8-6-16)26-18-4-3-9-23(18)10-12-30(13-11-23)22-28-20-21(29-22)27-19(24)14-25-20/h5-8,14-15,18,26H,3-4,9-13H2,1-2H3,(H,25,27,28,29)/t15-,18-/m1/s1. The van der Waals surface area contributed by atoms with Crippen molar-refractivity contribution in [3.63, 3.8) is 0 Å². The molecule has 5 rings (SSSR count). The molecule has 1 aliphatic carbocycles. The van der Waals surface area contributed by atoms with Gasteiger partial charge in [-0.15, -0.1) is 0 Å². The number of halogens is 1. The summed E-state index contributed by atoms with van der Waals surface area (Å²) in [4.78, 5) is 19.2. The molecule has 2 aromatic heterocycles. The largest absolute Gasteiger partial charge is 0.497 e. The maximum Gasteiger partial charge on any atom is 0.206 e. The molecule has 0 radical (unpaired) electrons. The Morgan fingerprint density at radius 1 is 1.19 bits per heavy atom. The number of benzene rings is 1. The highest BCUT2D eigenvalue weighted by Gasteiger charge is 2.45. The second-order valence-electron chi connectivity index (χ2n) is 8.88. The summed E-state index contributed by atoms with van der Waals surface area (Å²) in [5, 5.41) is 3.97. The molecule has 164 valence electrons. The van der Waals surface area contributed by atoms with Gasteiger partial charge in [0, 0.05) is 25.2 Å². The first kappa shape index (κ1) is 20.7. The van der Waals surface area contributed by atoms with E-state index in [1.807, 2.05) is 12.1 Å². The fourth-order valence-electron chi connectivity index (χ4n) is 5.36. The number of piperidine rings is 1. The van der Waals surface area contributed by atoms with Crippen molar-refractivity contribution in [2.75, 3.05) is 25.1 Å². The fourth-order valence-corrected chi connectivity index (χ4v) is 5.64. The van der Waals surface area contributed by atoms with Gasteiger partial charge in [0.1, 0.15) is 10.4 Å². The first-order valence-corrected chi connectivity index (χ1v) is 11.9. The van der Waals surface area contributed by atoms with Crippen molar-refractivity contribution in [3.05, 3.63) is 40.6 Å². The Balaban J connectivity index is 1.25. The lowest BCUT2D eigenvalue weighted by atomic mass is 9.73. The first-order valence-electron chi connectivity index (χ1n) is 11.1. The van der Waals surface area contributed by atoms with Crippen LogP contribution in [0.15, 0.2) is 35.1 Å². The second kappa shape index (κ2) is 8.39. The Labute approximate surface area is 191 Å².